The molecule has 1 fully saturated rings. The van der Waals surface area contributed by atoms with Gasteiger partial charge in [-0.25, -0.2) is 14.8 Å². The number of nitrogens with one attached hydrogen (secondary N) is 1. The fourth-order valence-electron chi connectivity index (χ4n) is 3.46. The molecule has 0 bridgehead atoms. The van der Waals surface area contributed by atoms with E-state index in [1.807, 2.05) is 19.1 Å². The number of hydrogen-bond donors (Lipinski definition) is 1. The van der Waals surface area contributed by atoms with Gasteiger partial charge in [0.25, 0.3) is 0 Å². The Balaban J connectivity index is 2.03. The predicted molar refractivity (Wildman–Crippen MR) is 119 cm³/mol. The number of allylic oxidation sites excluding steroid dienone is 1. The lowest BCUT2D eigenvalue weighted by atomic mass is 9.98. The van der Waals surface area contributed by atoms with Crippen molar-refractivity contribution < 1.29 is 23.9 Å². The summed E-state index contributed by atoms with van der Waals surface area (Å²) in [4.78, 5) is 47.0. The summed E-state index contributed by atoms with van der Waals surface area (Å²) in [5.74, 6) is -0.0884. The van der Waals surface area contributed by atoms with Crippen molar-refractivity contribution in [2.45, 2.75) is 78.0 Å². The standard InChI is InChI=1S/C23H34N4O5/c1-7-31-20(28)12-17(18-13-24-16(3)25-14-18)9-8-10-27-15(2)11-19(21(27)29)26-22(30)32-23(4,5)6/h8-9,13-15,17,19H,7,10-12H2,1-6H3,(H,26,30)/t15?,17-,19?/m0/s1. The minimum atomic E-state index is -0.632. The molecule has 2 unspecified atom stereocenters. The molecule has 1 aromatic rings. The van der Waals surface area contributed by atoms with E-state index in [0.717, 1.165) is 5.56 Å². The van der Waals surface area contributed by atoms with Crippen molar-refractivity contribution in [2.75, 3.05) is 13.2 Å². The highest BCUT2D eigenvalue weighted by Crippen LogP contribution is 2.23. The molecule has 1 saturated heterocycles. The van der Waals surface area contributed by atoms with Crippen LogP contribution in [0.25, 0.3) is 0 Å². The predicted octanol–water partition coefficient (Wildman–Crippen LogP) is 2.89. The van der Waals surface area contributed by atoms with Gasteiger partial charge in [-0.1, -0.05) is 12.2 Å². The molecule has 2 heterocycles. The molecule has 9 heteroatoms. The molecule has 1 aromatic heterocycles. The van der Waals surface area contributed by atoms with Crippen LogP contribution >= 0.6 is 0 Å². The summed E-state index contributed by atoms with van der Waals surface area (Å²) in [6, 6.07) is -0.660. The lowest BCUT2D eigenvalue weighted by Crippen LogP contribution is -2.43. The summed E-state index contributed by atoms with van der Waals surface area (Å²) in [7, 11) is 0. The molecule has 0 saturated carbocycles. The van der Waals surface area contributed by atoms with E-state index in [-0.39, 0.29) is 30.3 Å². The molecule has 9 nitrogen and oxygen atoms in total. The van der Waals surface area contributed by atoms with Crippen molar-refractivity contribution in [2.24, 2.45) is 0 Å². The lowest BCUT2D eigenvalue weighted by Gasteiger charge is -2.22. The summed E-state index contributed by atoms with van der Waals surface area (Å²) in [5.41, 5.74) is 0.165. The minimum absolute atomic E-state index is 0.0432. The number of amides is 2. The number of hydrogen-bond acceptors (Lipinski definition) is 7. The number of rotatable bonds is 8. The second-order valence-corrected chi connectivity index (χ2v) is 8.88. The lowest BCUT2D eigenvalue weighted by molar-refractivity contribution is -0.143. The van der Waals surface area contributed by atoms with Crippen molar-refractivity contribution in [3.63, 3.8) is 0 Å². The first kappa shape index (κ1) is 25.3. The Bertz CT molecular complexity index is 832. The van der Waals surface area contributed by atoms with Crippen molar-refractivity contribution in [3.05, 3.63) is 35.9 Å². The monoisotopic (exact) mass is 446 g/mol. The van der Waals surface area contributed by atoms with Crippen LogP contribution in [0.3, 0.4) is 0 Å². The van der Waals surface area contributed by atoms with Gasteiger partial charge in [0.15, 0.2) is 0 Å². The molecule has 1 aliphatic rings. The summed E-state index contributed by atoms with van der Waals surface area (Å²) < 4.78 is 10.3. The van der Waals surface area contributed by atoms with E-state index in [9.17, 15) is 14.4 Å². The third-order valence-corrected chi connectivity index (χ3v) is 4.97. The van der Waals surface area contributed by atoms with Crippen LogP contribution in [0, 0.1) is 6.92 Å². The minimum Gasteiger partial charge on any atom is -0.466 e. The third-order valence-electron chi connectivity index (χ3n) is 4.97. The zero-order chi connectivity index (χ0) is 23.9. The van der Waals surface area contributed by atoms with E-state index >= 15 is 0 Å². The number of aryl methyl sites for hydroxylation is 1. The van der Waals surface area contributed by atoms with Crippen LogP contribution in [0.2, 0.25) is 0 Å². The molecule has 1 N–H and O–H groups in total. The Morgan fingerprint density at radius 1 is 1.31 bits per heavy atom. The smallest absolute Gasteiger partial charge is 0.408 e. The van der Waals surface area contributed by atoms with Gasteiger partial charge in [-0.3, -0.25) is 9.59 Å². The number of alkyl carbamates (subject to hydrolysis) is 1. The van der Waals surface area contributed by atoms with Gasteiger partial charge in [-0.15, -0.1) is 0 Å². The van der Waals surface area contributed by atoms with Gasteiger partial charge in [0.2, 0.25) is 5.91 Å². The van der Waals surface area contributed by atoms with E-state index in [2.05, 4.69) is 15.3 Å². The zero-order valence-corrected chi connectivity index (χ0v) is 19.8. The molecule has 2 rings (SSSR count). The SMILES string of the molecule is CCOC(=O)C[C@H](C=CCN1C(=O)C(NC(=O)OC(C)(C)C)CC1C)c1cnc(C)nc1. The first-order valence-corrected chi connectivity index (χ1v) is 10.9. The molecule has 0 radical (unpaired) electrons. The largest absolute Gasteiger partial charge is 0.466 e. The Kier molecular flexibility index (Phi) is 8.74. The van der Waals surface area contributed by atoms with Gasteiger partial charge in [-0.2, -0.15) is 0 Å². The van der Waals surface area contributed by atoms with Crippen LogP contribution in [-0.2, 0) is 19.1 Å². The Morgan fingerprint density at radius 2 is 1.97 bits per heavy atom. The Morgan fingerprint density at radius 3 is 2.56 bits per heavy atom. The number of likely N-dealkylation sites (tertiary alicyclic amines) is 1. The van der Waals surface area contributed by atoms with Gasteiger partial charge in [0, 0.05) is 30.9 Å². The maximum Gasteiger partial charge on any atom is 0.408 e. The van der Waals surface area contributed by atoms with E-state index in [1.165, 1.54) is 0 Å². The topological polar surface area (TPSA) is 111 Å². The molecule has 32 heavy (non-hydrogen) atoms. The zero-order valence-electron chi connectivity index (χ0n) is 19.8. The highest BCUT2D eigenvalue weighted by atomic mass is 16.6. The average Bonchev–Trinajstić information content (AvgIpc) is 2.93. The quantitative estimate of drug-likeness (QED) is 0.483. The first-order valence-electron chi connectivity index (χ1n) is 10.9. The number of carbonyl (C=O) groups excluding carboxylic acids is 3. The third kappa shape index (κ3) is 7.62. The number of ether oxygens (including phenoxy) is 2. The van der Waals surface area contributed by atoms with Gasteiger partial charge < -0.3 is 19.7 Å². The van der Waals surface area contributed by atoms with Gasteiger partial charge in [0.1, 0.15) is 17.5 Å². The van der Waals surface area contributed by atoms with Crippen molar-refractivity contribution in [1.82, 2.24) is 20.2 Å². The summed E-state index contributed by atoms with van der Waals surface area (Å²) in [5, 5.41) is 2.66. The number of nitrogens with zero attached hydrogens (tertiary/aromatic N) is 3. The average molecular weight is 447 g/mol. The van der Waals surface area contributed by atoms with Crippen molar-refractivity contribution in [3.8, 4) is 0 Å². The van der Waals surface area contributed by atoms with E-state index in [4.69, 9.17) is 9.47 Å². The molecule has 3 atom stereocenters. The van der Waals surface area contributed by atoms with Crippen LogP contribution in [0.1, 0.15) is 64.8 Å². The molecule has 0 spiro atoms. The van der Waals surface area contributed by atoms with E-state index in [0.29, 0.717) is 25.4 Å². The molecular formula is C23H34N4O5. The van der Waals surface area contributed by atoms with Gasteiger partial charge >= 0.3 is 12.1 Å². The Hall–Kier alpha value is -2.97. The molecule has 0 aliphatic carbocycles. The van der Waals surface area contributed by atoms with E-state index in [1.54, 1.807) is 51.9 Å². The van der Waals surface area contributed by atoms with Crippen molar-refractivity contribution in [1.29, 1.82) is 0 Å². The summed E-state index contributed by atoms with van der Waals surface area (Å²) in [6.45, 7) is 11.5. The maximum absolute atomic E-state index is 12.8. The van der Waals surface area contributed by atoms with Crippen LogP contribution < -0.4 is 5.32 Å². The number of esters is 1. The second-order valence-electron chi connectivity index (χ2n) is 8.88. The number of carbonyl (C=O) groups is 3. The first-order chi connectivity index (χ1) is 15.0. The van der Waals surface area contributed by atoms with Crippen LogP contribution in [0.5, 0.6) is 0 Å². The van der Waals surface area contributed by atoms with Crippen LogP contribution in [0.15, 0.2) is 24.5 Å². The van der Waals surface area contributed by atoms with Gasteiger partial charge in [-0.05, 0) is 53.5 Å². The fourth-order valence-corrected chi connectivity index (χ4v) is 3.46. The normalized spacial score (nSPS) is 19.8. The second kappa shape index (κ2) is 11.1. The number of aromatic nitrogens is 2. The van der Waals surface area contributed by atoms with E-state index < -0.39 is 17.7 Å². The van der Waals surface area contributed by atoms with Gasteiger partial charge in [0.05, 0.1) is 13.0 Å². The van der Waals surface area contributed by atoms with Crippen molar-refractivity contribution >= 4 is 18.0 Å². The fraction of sp³-hybridized carbons (Fsp3) is 0.609. The molecular weight excluding hydrogens is 412 g/mol. The van der Waals surface area contributed by atoms with Crippen LogP contribution in [-0.4, -0.2) is 63.7 Å². The molecule has 0 aromatic carbocycles. The highest BCUT2D eigenvalue weighted by molar-refractivity contribution is 5.88. The molecule has 1 aliphatic heterocycles. The summed E-state index contributed by atoms with van der Waals surface area (Å²) in [6.07, 6.45) is 7.18. The maximum atomic E-state index is 12.8. The molecule has 176 valence electrons. The highest BCUT2D eigenvalue weighted by Gasteiger charge is 2.38. The summed E-state index contributed by atoms with van der Waals surface area (Å²) >= 11 is 0. The van der Waals surface area contributed by atoms with Crippen LogP contribution in [0.4, 0.5) is 4.79 Å². The molecule has 2 amide bonds. The Labute approximate surface area is 189 Å².